The van der Waals surface area contributed by atoms with E-state index in [1.54, 1.807) is 36.4 Å². The Balaban J connectivity index is 1.62. The minimum absolute atomic E-state index is 0.0627. The highest BCUT2D eigenvalue weighted by Crippen LogP contribution is 2.39. The topological polar surface area (TPSA) is 73.2 Å². The van der Waals surface area contributed by atoms with E-state index in [2.05, 4.69) is 10.3 Å². The van der Waals surface area contributed by atoms with Crippen LogP contribution in [0.4, 0.5) is 19.1 Å². The smallest absolute Gasteiger partial charge is 0.387 e. The summed E-state index contributed by atoms with van der Waals surface area (Å²) in [6.07, 6.45) is 1.10. The maximum atomic E-state index is 14.9. The molecule has 0 saturated carbocycles. The van der Waals surface area contributed by atoms with Gasteiger partial charge in [0, 0.05) is 30.0 Å². The summed E-state index contributed by atoms with van der Waals surface area (Å²) < 4.78 is 70.8. The molecule has 0 fully saturated rings. The lowest BCUT2D eigenvalue weighted by molar-refractivity contribution is -0.0506. The summed E-state index contributed by atoms with van der Waals surface area (Å²) in [5, 5.41) is 3.14. The van der Waals surface area contributed by atoms with Crippen LogP contribution in [-0.4, -0.2) is 37.4 Å². The molecule has 33 heavy (non-hydrogen) atoms. The van der Waals surface area contributed by atoms with Gasteiger partial charge in [-0.05, 0) is 29.8 Å². The third kappa shape index (κ3) is 3.80. The van der Waals surface area contributed by atoms with Gasteiger partial charge in [0.2, 0.25) is 5.95 Å². The number of hydrogen-bond acceptors (Lipinski definition) is 5. The average molecular weight is 473 g/mol. The predicted molar refractivity (Wildman–Crippen MR) is 118 cm³/mol. The van der Waals surface area contributed by atoms with Crippen molar-refractivity contribution in [1.82, 2.24) is 9.55 Å². The lowest BCUT2D eigenvalue weighted by Gasteiger charge is -2.18. The molecular formula is C23H18F3N3O3S. The number of benzene rings is 3. The van der Waals surface area contributed by atoms with Crippen LogP contribution in [0.2, 0.25) is 0 Å². The number of imidazole rings is 1. The van der Waals surface area contributed by atoms with E-state index in [4.69, 9.17) is 4.74 Å². The molecule has 1 aromatic heterocycles. The van der Waals surface area contributed by atoms with Crippen molar-refractivity contribution in [1.29, 1.82) is 0 Å². The highest BCUT2D eigenvalue weighted by Gasteiger charge is 2.30. The molecule has 0 aliphatic carbocycles. The van der Waals surface area contributed by atoms with Gasteiger partial charge < -0.3 is 14.6 Å². The lowest BCUT2D eigenvalue weighted by Crippen LogP contribution is -2.13. The molecule has 2 heterocycles. The van der Waals surface area contributed by atoms with E-state index >= 15 is 0 Å². The quantitative estimate of drug-likeness (QED) is 0.448. The van der Waals surface area contributed by atoms with Gasteiger partial charge in [0.05, 0.1) is 22.0 Å². The average Bonchev–Trinajstić information content (AvgIpc) is 3.31. The number of ether oxygens (including phenoxy) is 1. The van der Waals surface area contributed by atoms with E-state index in [0.717, 1.165) is 6.26 Å². The first-order chi connectivity index (χ1) is 15.7. The zero-order valence-electron chi connectivity index (χ0n) is 17.3. The van der Waals surface area contributed by atoms with Crippen molar-refractivity contribution in [2.24, 2.45) is 0 Å². The van der Waals surface area contributed by atoms with Crippen LogP contribution in [-0.2, 0) is 9.84 Å². The number of para-hydroxylation sites is 1. The number of aromatic nitrogens is 2. The molecule has 0 amide bonds. The molecule has 10 heteroatoms. The van der Waals surface area contributed by atoms with E-state index in [9.17, 15) is 21.6 Å². The van der Waals surface area contributed by atoms with Crippen LogP contribution in [0, 0.1) is 5.82 Å². The molecule has 0 bridgehead atoms. The normalized spacial score (nSPS) is 15.6. The molecule has 1 N–H and O–H groups in total. The molecular weight excluding hydrogens is 455 g/mol. The summed E-state index contributed by atoms with van der Waals surface area (Å²) in [5.74, 6) is 0.0443. The zero-order chi connectivity index (χ0) is 23.3. The van der Waals surface area contributed by atoms with Gasteiger partial charge in [-0.15, -0.1) is 0 Å². The van der Waals surface area contributed by atoms with Gasteiger partial charge >= 0.3 is 6.61 Å². The van der Waals surface area contributed by atoms with E-state index in [1.165, 1.54) is 24.3 Å². The van der Waals surface area contributed by atoms with E-state index in [0.29, 0.717) is 34.7 Å². The summed E-state index contributed by atoms with van der Waals surface area (Å²) in [4.78, 5) is 4.58. The zero-order valence-corrected chi connectivity index (χ0v) is 18.1. The Morgan fingerprint density at radius 1 is 1.12 bits per heavy atom. The first kappa shape index (κ1) is 21.3. The first-order valence-corrected chi connectivity index (χ1v) is 11.9. The van der Waals surface area contributed by atoms with Gasteiger partial charge in [0.1, 0.15) is 11.6 Å². The van der Waals surface area contributed by atoms with E-state index in [1.807, 2.05) is 4.57 Å². The number of alkyl halides is 2. The minimum Gasteiger partial charge on any atom is -0.434 e. The molecule has 1 aliphatic rings. The Morgan fingerprint density at radius 2 is 1.85 bits per heavy atom. The lowest BCUT2D eigenvalue weighted by atomic mass is 10.0. The number of nitrogens with one attached hydrogen (secondary N) is 1. The van der Waals surface area contributed by atoms with Gasteiger partial charge in [-0.25, -0.2) is 17.8 Å². The van der Waals surface area contributed by atoms with Crippen molar-refractivity contribution in [2.75, 3.05) is 18.1 Å². The van der Waals surface area contributed by atoms with Crippen molar-refractivity contribution in [3.8, 4) is 16.9 Å². The Kier molecular flexibility index (Phi) is 5.04. The second-order valence-electron chi connectivity index (χ2n) is 7.74. The summed E-state index contributed by atoms with van der Waals surface area (Å²) in [7, 11) is -3.38. The van der Waals surface area contributed by atoms with Crippen LogP contribution in [0.15, 0.2) is 65.6 Å². The van der Waals surface area contributed by atoms with Gasteiger partial charge in [-0.1, -0.05) is 30.3 Å². The fraction of sp³-hybridized carbons (Fsp3) is 0.174. The van der Waals surface area contributed by atoms with Crippen LogP contribution in [0.25, 0.3) is 22.2 Å². The number of sulfone groups is 1. The molecule has 0 spiro atoms. The van der Waals surface area contributed by atoms with Crippen molar-refractivity contribution in [2.45, 2.75) is 17.5 Å². The van der Waals surface area contributed by atoms with E-state index < -0.39 is 28.3 Å². The molecule has 0 saturated heterocycles. The van der Waals surface area contributed by atoms with Crippen LogP contribution in [0.1, 0.15) is 11.6 Å². The highest BCUT2D eigenvalue weighted by molar-refractivity contribution is 7.90. The molecule has 3 aromatic carbocycles. The monoisotopic (exact) mass is 473 g/mol. The second kappa shape index (κ2) is 7.80. The molecule has 6 nitrogen and oxygen atoms in total. The predicted octanol–water partition coefficient (Wildman–Crippen LogP) is 4.86. The van der Waals surface area contributed by atoms with Crippen LogP contribution in [0.3, 0.4) is 0 Å². The first-order valence-electron chi connectivity index (χ1n) is 10.0. The Bertz CT molecular complexity index is 1470. The number of hydrogen-bond donors (Lipinski definition) is 1. The number of rotatable bonds is 5. The fourth-order valence-electron chi connectivity index (χ4n) is 4.15. The third-order valence-corrected chi connectivity index (χ3v) is 6.76. The largest absolute Gasteiger partial charge is 0.434 e. The number of nitrogens with zero attached hydrogens (tertiary/aromatic N) is 2. The maximum absolute atomic E-state index is 14.9. The van der Waals surface area contributed by atoms with Crippen molar-refractivity contribution >= 4 is 26.8 Å². The summed E-state index contributed by atoms with van der Waals surface area (Å²) in [6.45, 7) is -2.56. The number of halogens is 3. The SMILES string of the molecule is CS(=O)(=O)c1ccc(-c2cc3c(cc2F)nc2n3[C@H](c3ccccc3OC(F)F)CN2)cc1. The summed E-state index contributed by atoms with van der Waals surface area (Å²) in [5.41, 5.74) is 2.33. The summed E-state index contributed by atoms with van der Waals surface area (Å²) >= 11 is 0. The van der Waals surface area contributed by atoms with Crippen molar-refractivity contribution in [3.05, 3.63) is 72.0 Å². The standard InChI is InChI=1S/C23H18F3N3O3S/c1-33(30,31)14-8-6-13(7-9-14)16-10-19-18(11-17(16)24)28-23-27-12-20(29(19)23)15-4-2-3-5-21(15)32-22(25)26/h2-11,20,22H,12H2,1H3,(H,27,28)/t20-/m0/s1. The molecule has 0 radical (unpaired) electrons. The van der Waals surface area contributed by atoms with Gasteiger partial charge in [-0.2, -0.15) is 8.78 Å². The van der Waals surface area contributed by atoms with Gasteiger partial charge in [0.25, 0.3) is 0 Å². The third-order valence-electron chi connectivity index (χ3n) is 5.63. The van der Waals surface area contributed by atoms with Crippen molar-refractivity contribution in [3.63, 3.8) is 0 Å². The molecule has 0 unspecified atom stereocenters. The van der Waals surface area contributed by atoms with Gasteiger partial charge in [0.15, 0.2) is 9.84 Å². The second-order valence-corrected chi connectivity index (χ2v) is 9.75. The Labute approximate surface area is 187 Å². The minimum atomic E-state index is -3.38. The molecule has 5 rings (SSSR count). The van der Waals surface area contributed by atoms with Crippen LogP contribution in [0.5, 0.6) is 5.75 Å². The van der Waals surface area contributed by atoms with Crippen LogP contribution < -0.4 is 10.1 Å². The van der Waals surface area contributed by atoms with E-state index in [-0.39, 0.29) is 16.2 Å². The summed E-state index contributed by atoms with van der Waals surface area (Å²) in [6, 6.07) is 15.0. The Hall–Kier alpha value is -3.53. The molecule has 170 valence electrons. The maximum Gasteiger partial charge on any atom is 0.387 e. The van der Waals surface area contributed by atoms with Crippen LogP contribution >= 0.6 is 0 Å². The fourth-order valence-corrected chi connectivity index (χ4v) is 4.78. The highest BCUT2D eigenvalue weighted by atomic mass is 32.2. The molecule has 4 aromatic rings. The number of anilines is 1. The van der Waals surface area contributed by atoms with Gasteiger partial charge in [-0.3, -0.25) is 0 Å². The molecule has 1 aliphatic heterocycles. The Morgan fingerprint density at radius 3 is 2.55 bits per heavy atom. The van der Waals surface area contributed by atoms with Crippen molar-refractivity contribution < 1.29 is 26.3 Å². The molecule has 1 atom stereocenters. The number of fused-ring (bicyclic) bond motifs is 3.